The van der Waals surface area contributed by atoms with Crippen LogP contribution in [0.5, 0.6) is 5.75 Å². The summed E-state index contributed by atoms with van der Waals surface area (Å²) in [4.78, 5) is 0.248. The van der Waals surface area contributed by atoms with Gasteiger partial charge in [-0.15, -0.1) is 0 Å². The summed E-state index contributed by atoms with van der Waals surface area (Å²) in [7, 11) is -1.92. The maximum Gasteiger partial charge on any atom is 0.243 e. The number of ether oxygens (including phenoxy) is 2. The Bertz CT molecular complexity index is 572. The Labute approximate surface area is 131 Å². The van der Waals surface area contributed by atoms with Crippen LogP contribution < -0.4 is 4.74 Å². The molecule has 0 amide bonds. The van der Waals surface area contributed by atoms with E-state index < -0.39 is 10.0 Å². The number of methoxy groups -OCH3 is 1. The first kappa shape index (κ1) is 17.2. The largest absolute Gasteiger partial charge is 0.491 e. The lowest BCUT2D eigenvalue weighted by Crippen LogP contribution is -2.29. The first-order valence-corrected chi connectivity index (χ1v) is 8.76. The summed E-state index contributed by atoms with van der Waals surface area (Å²) in [5.74, 6) is 0.780. The third-order valence-corrected chi connectivity index (χ3v) is 5.83. The number of benzene rings is 1. The summed E-state index contributed by atoms with van der Waals surface area (Å²) in [6.45, 7) is 3.69. The molecule has 1 aliphatic heterocycles. The van der Waals surface area contributed by atoms with Crippen molar-refractivity contribution in [2.75, 3.05) is 40.0 Å². The fourth-order valence-electron chi connectivity index (χ4n) is 2.52. The number of nitrogens with zero attached hydrogens (tertiary/aromatic N) is 1. The van der Waals surface area contributed by atoms with Gasteiger partial charge in [0.15, 0.2) is 0 Å². The Morgan fingerprint density at radius 2 is 1.91 bits per heavy atom. The standard InChI is InChI=1S/C15H23NO5S/c1-12-9-16(10-13(12)11-17)22(18,19)15-5-3-14(4-6-15)21-8-7-20-2/h3-6,12-13,17H,7-11H2,1-2H3/t12-,13+/m1/s1. The monoisotopic (exact) mass is 329 g/mol. The van der Waals surface area contributed by atoms with E-state index in [0.29, 0.717) is 32.1 Å². The molecule has 1 N–H and O–H groups in total. The number of hydrogen-bond acceptors (Lipinski definition) is 5. The van der Waals surface area contributed by atoms with Crippen molar-refractivity contribution >= 4 is 10.0 Å². The van der Waals surface area contributed by atoms with Crippen LogP contribution in [0.4, 0.5) is 0 Å². The van der Waals surface area contributed by atoms with Crippen LogP contribution in [0.2, 0.25) is 0 Å². The molecule has 1 fully saturated rings. The molecule has 0 bridgehead atoms. The molecule has 1 aliphatic rings. The molecule has 1 heterocycles. The van der Waals surface area contributed by atoms with E-state index in [9.17, 15) is 13.5 Å². The average molecular weight is 329 g/mol. The van der Waals surface area contributed by atoms with Gasteiger partial charge in [-0.3, -0.25) is 0 Å². The van der Waals surface area contributed by atoms with Gasteiger partial charge in [0.2, 0.25) is 10.0 Å². The molecule has 1 saturated heterocycles. The van der Waals surface area contributed by atoms with E-state index in [1.807, 2.05) is 6.92 Å². The number of sulfonamides is 1. The van der Waals surface area contributed by atoms with Crippen LogP contribution in [0, 0.1) is 11.8 Å². The van der Waals surface area contributed by atoms with Crippen molar-refractivity contribution in [2.45, 2.75) is 11.8 Å². The van der Waals surface area contributed by atoms with Crippen molar-refractivity contribution < 1.29 is 23.0 Å². The van der Waals surface area contributed by atoms with Crippen molar-refractivity contribution in [2.24, 2.45) is 11.8 Å². The second kappa shape index (κ2) is 7.41. The van der Waals surface area contributed by atoms with E-state index in [-0.39, 0.29) is 23.3 Å². The van der Waals surface area contributed by atoms with Crippen LogP contribution in [0.1, 0.15) is 6.92 Å². The first-order chi connectivity index (χ1) is 10.5. The Kier molecular flexibility index (Phi) is 5.80. The molecule has 0 saturated carbocycles. The van der Waals surface area contributed by atoms with Gasteiger partial charge in [0.05, 0.1) is 11.5 Å². The molecule has 1 aromatic rings. The molecule has 0 aromatic heterocycles. The second-order valence-corrected chi connectivity index (χ2v) is 7.49. The van der Waals surface area contributed by atoms with Crippen LogP contribution in [-0.2, 0) is 14.8 Å². The molecule has 2 atom stereocenters. The lowest BCUT2D eigenvalue weighted by atomic mass is 10.00. The zero-order valence-corrected chi connectivity index (χ0v) is 13.8. The Balaban J connectivity index is 2.07. The zero-order valence-electron chi connectivity index (χ0n) is 12.9. The summed E-state index contributed by atoms with van der Waals surface area (Å²) in [5, 5.41) is 9.28. The molecular weight excluding hydrogens is 306 g/mol. The highest BCUT2D eigenvalue weighted by Crippen LogP contribution is 2.28. The molecule has 7 heteroatoms. The minimum atomic E-state index is -3.51. The van der Waals surface area contributed by atoms with Crippen molar-refractivity contribution in [1.82, 2.24) is 4.31 Å². The van der Waals surface area contributed by atoms with Crippen molar-refractivity contribution in [3.63, 3.8) is 0 Å². The normalized spacial score (nSPS) is 22.9. The van der Waals surface area contributed by atoms with Gasteiger partial charge in [-0.05, 0) is 36.1 Å². The fraction of sp³-hybridized carbons (Fsp3) is 0.600. The zero-order chi connectivity index (χ0) is 16.2. The third-order valence-electron chi connectivity index (χ3n) is 3.99. The quantitative estimate of drug-likeness (QED) is 0.754. The molecule has 0 spiro atoms. The highest BCUT2D eigenvalue weighted by Gasteiger charge is 2.36. The van der Waals surface area contributed by atoms with Crippen molar-refractivity contribution in [3.05, 3.63) is 24.3 Å². The average Bonchev–Trinajstić information content (AvgIpc) is 2.90. The molecule has 2 rings (SSSR count). The van der Waals surface area contributed by atoms with E-state index >= 15 is 0 Å². The Morgan fingerprint density at radius 1 is 1.23 bits per heavy atom. The predicted molar refractivity (Wildman–Crippen MR) is 82.3 cm³/mol. The van der Waals surface area contributed by atoms with Crippen molar-refractivity contribution in [3.8, 4) is 5.75 Å². The molecule has 1 aromatic carbocycles. The van der Waals surface area contributed by atoms with Crippen molar-refractivity contribution in [1.29, 1.82) is 0 Å². The summed E-state index contributed by atoms with van der Waals surface area (Å²) in [6, 6.07) is 6.39. The van der Waals surface area contributed by atoms with E-state index in [1.165, 1.54) is 4.31 Å². The van der Waals surface area contributed by atoms with E-state index in [0.717, 1.165) is 0 Å². The molecule has 0 unspecified atom stereocenters. The molecule has 0 aliphatic carbocycles. The van der Waals surface area contributed by atoms with Gasteiger partial charge in [-0.2, -0.15) is 4.31 Å². The summed E-state index contributed by atoms with van der Waals surface area (Å²) >= 11 is 0. The highest BCUT2D eigenvalue weighted by atomic mass is 32.2. The van der Waals surface area contributed by atoms with Crippen LogP contribution in [-0.4, -0.2) is 57.8 Å². The van der Waals surface area contributed by atoms with Crippen LogP contribution >= 0.6 is 0 Å². The summed E-state index contributed by atoms with van der Waals surface area (Å²) < 4.78 is 37.0. The number of rotatable bonds is 7. The van der Waals surface area contributed by atoms with Gasteiger partial charge in [0, 0.05) is 26.8 Å². The number of aliphatic hydroxyl groups excluding tert-OH is 1. The maximum absolute atomic E-state index is 12.6. The minimum absolute atomic E-state index is 0.00595. The first-order valence-electron chi connectivity index (χ1n) is 7.32. The van der Waals surface area contributed by atoms with Gasteiger partial charge >= 0.3 is 0 Å². The molecule has 124 valence electrons. The third kappa shape index (κ3) is 3.78. The van der Waals surface area contributed by atoms with Gasteiger partial charge in [-0.1, -0.05) is 6.92 Å². The SMILES string of the molecule is COCCOc1ccc(S(=O)(=O)N2C[C@@H](CO)[C@H](C)C2)cc1. The fourth-order valence-corrected chi connectivity index (χ4v) is 4.12. The van der Waals surface area contributed by atoms with Gasteiger partial charge < -0.3 is 14.6 Å². The Morgan fingerprint density at radius 3 is 2.45 bits per heavy atom. The molecular formula is C15H23NO5S. The van der Waals surface area contributed by atoms with Gasteiger partial charge in [-0.25, -0.2) is 8.42 Å². The lowest BCUT2D eigenvalue weighted by Gasteiger charge is -2.16. The van der Waals surface area contributed by atoms with Gasteiger partial charge in [0.1, 0.15) is 12.4 Å². The van der Waals surface area contributed by atoms with E-state index in [2.05, 4.69) is 0 Å². The molecule has 6 nitrogen and oxygen atoms in total. The predicted octanol–water partition coefficient (Wildman–Crippen LogP) is 0.961. The molecule has 22 heavy (non-hydrogen) atoms. The summed E-state index contributed by atoms with van der Waals surface area (Å²) in [6.07, 6.45) is 0. The number of aliphatic hydroxyl groups is 1. The van der Waals surface area contributed by atoms with Crippen LogP contribution in [0.25, 0.3) is 0 Å². The topological polar surface area (TPSA) is 76.1 Å². The highest BCUT2D eigenvalue weighted by molar-refractivity contribution is 7.89. The van der Waals surface area contributed by atoms with E-state index in [4.69, 9.17) is 9.47 Å². The van der Waals surface area contributed by atoms with Crippen LogP contribution in [0.3, 0.4) is 0 Å². The van der Waals surface area contributed by atoms with Gasteiger partial charge in [0.25, 0.3) is 0 Å². The Hall–Kier alpha value is -1.15. The molecule has 0 radical (unpaired) electrons. The summed E-state index contributed by atoms with van der Waals surface area (Å²) in [5.41, 5.74) is 0. The smallest absolute Gasteiger partial charge is 0.243 e. The second-order valence-electron chi connectivity index (χ2n) is 5.55. The lowest BCUT2D eigenvalue weighted by molar-refractivity contribution is 0.146. The minimum Gasteiger partial charge on any atom is -0.491 e. The van der Waals surface area contributed by atoms with E-state index in [1.54, 1.807) is 31.4 Å². The maximum atomic E-state index is 12.6. The van der Waals surface area contributed by atoms with Crippen LogP contribution in [0.15, 0.2) is 29.2 Å². The number of hydrogen-bond donors (Lipinski definition) is 1.